The maximum Gasteiger partial charge on any atom is 0.326 e. The van der Waals surface area contributed by atoms with Crippen LogP contribution in [0.4, 0.5) is 0 Å². The maximum absolute atomic E-state index is 11.8. The van der Waals surface area contributed by atoms with Crippen molar-refractivity contribution in [2.75, 3.05) is 12.0 Å². The number of carboxylic acids is 1. The molecule has 1 aromatic rings. The molecule has 1 rings (SSSR count). The van der Waals surface area contributed by atoms with Crippen LogP contribution < -0.4 is 5.32 Å². The molecule has 0 aliphatic carbocycles. The van der Waals surface area contributed by atoms with Crippen LogP contribution in [-0.4, -0.2) is 40.0 Å². The summed E-state index contributed by atoms with van der Waals surface area (Å²) in [6, 6.07) is 2.15. The second-order valence-corrected chi connectivity index (χ2v) is 4.83. The number of carboxylic acid groups (broad SMARTS) is 1. The lowest BCUT2D eigenvalue weighted by atomic mass is 10.2. The minimum Gasteiger partial charge on any atom is -0.480 e. The molecule has 1 heterocycles. The Bertz CT molecular complexity index is 442. The third-order valence-electron chi connectivity index (χ3n) is 2.22. The molecule has 0 aromatic carbocycles. The van der Waals surface area contributed by atoms with Gasteiger partial charge in [0.1, 0.15) is 11.2 Å². The average molecular weight is 289 g/mol. The second kappa shape index (κ2) is 7.23. The largest absolute Gasteiger partial charge is 0.480 e. The predicted octanol–water partition coefficient (Wildman–Crippen LogP) is 1.67. The van der Waals surface area contributed by atoms with Gasteiger partial charge in [-0.2, -0.15) is 11.8 Å². The highest BCUT2D eigenvalue weighted by molar-refractivity contribution is 7.98. The zero-order valence-corrected chi connectivity index (χ0v) is 11.3. The molecule has 0 bridgehead atoms. The summed E-state index contributed by atoms with van der Waals surface area (Å²) in [6.45, 7) is 0. The van der Waals surface area contributed by atoms with E-state index in [1.54, 1.807) is 6.07 Å². The first-order valence-electron chi connectivity index (χ1n) is 5.19. The number of thioether (sulfide) groups is 1. The van der Waals surface area contributed by atoms with Crippen LogP contribution in [0, 0.1) is 0 Å². The Morgan fingerprint density at radius 2 is 2.33 bits per heavy atom. The van der Waals surface area contributed by atoms with Crippen molar-refractivity contribution in [2.45, 2.75) is 12.5 Å². The maximum atomic E-state index is 11.8. The van der Waals surface area contributed by atoms with E-state index < -0.39 is 17.9 Å². The first-order chi connectivity index (χ1) is 8.56. The third kappa shape index (κ3) is 4.19. The van der Waals surface area contributed by atoms with E-state index in [9.17, 15) is 9.59 Å². The average Bonchev–Trinajstić information content (AvgIpc) is 2.34. The topological polar surface area (TPSA) is 79.3 Å². The van der Waals surface area contributed by atoms with Gasteiger partial charge in [-0.1, -0.05) is 11.6 Å². The minimum absolute atomic E-state index is 0.0593. The summed E-state index contributed by atoms with van der Waals surface area (Å²) in [4.78, 5) is 26.6. The van der Waals surface area contributed by atoms with E-state index in [2.05, 4.69) is 10.3 Å². The van der Waals surface area contributed by atoms with Crippen molar-refractivity contribution in [3.8, 4) is 0 Å². The number of halogens is 1. The van der Waals surface area contributed by atoms with Gasteiger partial charge in [0.05, 0.1) is 5.56 Å². The molecule has 2 N–H and O–H groups in total. The minimum atomic E-state index is -1.06. The first-order valence-corrected chi connectivity index (χ1v) is 6.96. The van der Waals surface area contributed by atoms with E-state index in [0.717, 1.165) is 0 Å². The number of amides is 1. The van der Waals surface area contributed by atoms with Crippen molar-refractivity contribution in [2.24, 2.45) is 0 Å². The normalized spacial score (nSPS) is 11.9. The zero-order chi connectivity index (χ0) is 13.5. The fraction of sp³-hybridized carbons (Fsp3) is 0.364. The Balaban J connectivity index is 2.72. The number of hydrogen-bond acceptors (Lipinski definition) is 4. The molecule has 1 amide bonds. The fourth-order valence-electron chi connectivity index (χ4n) is 1.28. The van der Waals surface area contributed by atoms with Gasteiger partial charge in [0.2, 0.25) is 0 Å². The van der Waals surface area contributed by atoms with Crippen LogP contribution >= 0.6 is 23.4 Å². The summed E-state index contributed by atoms with van der Waals surface area (Å²) in [6.07, 6.45) is 3.69. The van der Waals surface area contributed by atoms with E-state index in [0.29, 0.717) is 12.2 Å². The van der Waals surface area contributed by atoms with Gasteiger partial charge in [0.15, 0.2) is 0 Å². The van der Waals surface area contributed by atoms with E-state index in [4.69, 9.17) is 16.7 Å². The molecule has 0 saturated carbocycles. The Morgan fingerprint density at radius 3 is 2.89 bits per heavy atom. The van der Waals surface area contributed by atoms with Crippen LogP contribution in [0.5, 0.6) is 0 Å². The summed E-state index contributed by atoms with van der Waals surface area (Å²) in [7, 11) is 0. The molecule has 7 heteroatoms. The third-order valence-corrected chi connectivity index (χ3v) is 3.16. The number of nitrogens with one attached hydrogen (secondary N) is 1. The molecule has 0 radical (unpaired) electrons. The highest BCUT2D eigenvalue weighted by Gasteiger charge is 2.21. The lowest BCUT2D eigenvalue weighted by Gasteiger charge is -2.14. The standard InChI is InChI=1S/C11H13ClN2O3S/c1-18-6-4-8(11(16)17)14-10(15)7-3-2-5-13-9(7)12/h2-3,5,8H,4,6H2,1H3,(H,14,15)(H,16,17)/t8-/m1/s1. The number of pyridine rings is 1. The molecule has 1 atom stereocenters. The van der Waals surface area contributed by atoms with Gasteiger partial charge in [-0.05, 0) is 30.6 Å². The molecule has 0 aliphatic rings. The predicted molar refractivity (Wildman–Crippen MR) is 71.1 cm³/mol. The van der Waals surface area contributed by atoms with Crippen molar-refractivity contribution < 1.29 is 14.7 Å². The van der Waals surface area contributed by atoms with Crippen molar-refractivity contribution in [3.05, 3.63) is 29.0 Å². The molecule has 0 unspecified atom stereocenters. The fourth-order valence-corrected chi connectivity index (χ4v) is 1.96. The molecule has 0 aliphatic heterocycles. The van der Waals surface area contributed by atoms with Crippen LogP contribution in [0.3, 0.4) is 0 Å². The first kappa shape index (κ1) is 14.8. The van der Waals surface area contributed by atoms with Gasteiger partial charge in [0.25, 0.3) is 5.91 Å². The highest BCUT2D eigenvalue weighted by atomic mass is 35.5. The number of nitrogens with zero attached hydrogens (tertiary/aromatic N) is 1. The van der Waals surface area contributed by atoms with Crippen molar-refractivity contribution in [1.82, 2.24) is 10.3 Å². The van der Waals surface area contributed by atoms with Gasteiger partial charge in [-0.3, -0.25) is 4.79 Å². The quantitative estimate of drug-likeness (QED) is 0.779. The lowest BCUT2D eigenvalue weighted by molar-refractivity contribution is -0.139. The zero-order valence-electron chi connectivity index (χ0n) is 9.72. The second-order valence-electron chi connectivity index (χ2n) is 3.49. The van der Waals surface area contributed by atoms with E-state index >= 15 is 0 Å². The van der Waals surface area contributed by atoms with E-state index in [1.165, 1.54) is 24.0 Å². The molecule has 5 nitrogen and oxygen atoms in total. The molecular weight excluding hydrogens is 276 g/mol. The van der Waals surface area contributed by atoms with Gasteiger partial charge in [0, 0.05) is 6.20 Å². The van der Waals surface area contributed by atoms with Gasteiger partial charge >= 0.3 is 5.97 Å². The molecule has 0 spiro atoms. The number of carbonyl (C=O) groups is 2. The smallest absolute Gasteiger partial charge is 0.326 e. The number of rotatable bonds is 6. The summed E-state index contributed by atoms with van der Waals surface area (Å²) in [5.74, 6) is -0.933. The number of hydrogen-bond donors (Lipinski definition) is 2. The lowest BCUT2D eigenvalue weighted by Crippen LogP contribution is -2.41. The Kier molecular flexibility index (Phi) is 5.94. The molecule has 1 aromatic heterocycles. The van der Waals surface area contributed by atoms with Crippen LogP contribution in [0.2, 0.25) is 5.15 Å². The number of aromatic nitrogens is 1. The van der Waals surface area contributed by atoms with E-state index in [-0.39, 0.29) is 10.7 Å². The Hall–Kier alpha value is -1.27. The highest BCUT2D eigenvalue weighted by Crippen LogP contribution is 2.12. The van der Waals surface area contributed by atoms with Crippen molar-refractivity contribution in [3.63, 3.8) is 0 Å². The summed E-state index contributed by atoms with van der Waals surface area (Å²) < 4.78 is 0. The Labute approximate surface area is 114 Å². The summed E-state index contributed by atoms with van der Waals surface area (Å²) in [5.41, 5.74) is 0.176. The number of carbonyl (C=O) groups excluding carboxylic acids is 1. The summed E-state index contributed by atoms with van der Waals surface area (Å²) in [5, 5.41) is 11.5. The van der Waals surface area contributed by atoms with Gasteiger partial charge < -0.3 is 10.4 Å². The van der Waals surface area contributed by atoms with Crippen molar-refractivity contribution in [1.29, 1.82) is 0 Å². The monoisotopic (exact) mass is 288 g/mol. The van der Waals surface area contributed by atoms with Gasteiger partial charge in [-0.25, -0.2) is 9.78 Å². The summed E-state index contributed by atoms with van der Waals surface area (Å²) >= 11 is 7.28. The molecule has 0 fully saturated rings. The van der Waals surface area contributed by atoms with Crippen LogP contribution in [0.25, 0.3) is 0 Å². The molecular formula is C11H13ClN2O3S. The van der Waals surface area contributed by atoms with Crippen LogP contribution in [-0.2, 0) is 4.79 Å². The number of aliphatic carboxylic acids is 1. The van der Waals surface area contributed by atoms with Crippen molar-refractivity contribution >= 4 is 35.2 Å². The SMILES string of the molecule is CSCC[C@@H](NC(=O)c1cccnc1Cl)C(=O)O. The molecule has 18 heavy (non-hydrogen) atoms. The van der Waals surface area contributed by atoms with Crippen LogP contribution in [0.15, 0.2) is 18.3 Å². The van der Waals surface area contributed by atoms with Gasteiger partial charge in [-0.15, -0.1) is 0 Å². The Morgan fingerprint density at radius 1 is 1.61 bits per heavy atom. The molecule has 0 saturated heterocycles. The van der Waals surface area contributed by atoms with Crippen LogP contribution in [0.1, 0.15) is 16.8 Å². The van der Waals surface area contributed by atoms with E-state index in [1.807, 2.05) is 6.26 Å². The molecule has 98 valence electrons.